The van der Waals surface area contributed by atoms with E-state index >= 15 is 0 Å². The number of Topliss-reactive ketones (excluding diaryl/α,β-unsaturated/α-hetero) is 4. The third-order valence-electron chi connectivity index (χ3n) is 11.1. The van der Waals surface area contributed by atoms with E-state index in [2.05, 4.69) is 0 Å². The second-order valence-electron chi connectivity index (χ2n) is 12.9. The smallest absolute Gasteiger partial charge is 0.206 e. The zero-order chi connectivity index (χ0) is 29.7. The summed E-state index contributed by atoms with van der Waals surface area (Å²) in [5.74, 6) is -5.87. The second-order valence-corrected chi connectivity index (χ2v) is 12.9. The average Bonchev–Trinajstić information content (AvgIpc) is 2.89. The Morgan fingerprint density at radius 3 is 2.12 bits per heavy atom. The van der Waals surface area contributed by atoms with Crippen molar-refractivity contribution in [2.75, 3.05) is 0 Å². The SMILES string of the molecule is CC(=O)C1=C(C)[C@@H](C(C)C)[C@]2(C)[C@@H](C)[C@@]3(C)C(C(=O)c4c(ccc(-c5ccccc5)c4O)[C@@H]3C)C(=O)[C@]2(O)C1=O. The molecule has 3 aliphatic carbocycles. The van der Waals surface area contributed by atoms with Gasteiger partial charge in [-0.15, -0.1) is 0 Å². The summed E-state index contributed by atoms with van der Waals surface area (Å²) in [4.78, 5) is 55.9. The van der Waals surface area contributed by atoms with Gasteiger partial charge >= 0.3 is 0 Å². The van der Waals surface area contributed by atoms with Crippen molar-refractivity contribution in [3.8, 4) is 16.9 Å². The van der Waals surface area contributed by atoms with Gasteiger partial charge in [0.15, 0.2) is 23.0 Å². The quantitative estimate of drug-likeness (QED) is 0.381. The van der Waals surface area contributed by atoms with Gasteiger partial charge in [-0.3, -0.25) is 19.2 Å². The van der Waals surface area contributed by atoms with Crippen molar-refractivity contribution in [3.63, 3.8) is 0 Å². The maximum atomic E-state index is 14.6. The molecule has 0 saturated heterocycles. The first-order valence-electron chi connectivity index (χ1n) is 14.1. The summed E-state index contributed by atoms with van der Waals surface area (Å²) in [6.07, 6.45) is 0. The van der Waals surface area contributed by atoms with Crippen LogP contribution in [0.3, 0.4) is 0 Å². The number of hydrogen-bond donors (Lipinski definition) is 2. The molecule has 0 amide bonds. The number of carbonyl (C=O) groups is 4. The highest BCUT2D eigenvalue weighted by Gasteiger charge is 2.77. The normalized spacial score (nSPS) is 35.4. The van der Waals surface area contributed by atoms with E-state index < -0.39 is 57.3 Å². The van der Waals surface area contributed by atoms with Gasteiger partial charge in [0, 0.05) is 11.0 Å². The van der Waals surface area contributed by atoms with Gasteiger partial charge in [0.1, 0.15) is 5.75 Å². The molecule has 6 heteroatoms. The van der Waals surface area contributed by atoms with Crippen LogP contribution in [0.4, 0.5) is 0 Å². The molecule has 2 aromatic carbocycles. The number of carbonyl (C=O) groups excluding carboxylic acids is 4. The van der Waals surface area contributed by atoms with Crippen molar-refractivity contribution in [1.29, 1.82) is 0 Å². The van der Waals surface area contributed by atoms with E-state index in [9.17, 15) is 29.4 Å². The Hall–Kier alpha value is -3.38. The molecule has 1 unspecified atom stereocenters. The molecule has 3 aliphatic rings. The lowest BCUT2D eigenvalue weighted by atomic mass is 9.35. The molecule has 40 heavy (non-hydrogen) atoms. The van der Waals surface area contributed by atoms with E-state index in [-0.39, 0.29) is 28.7 Å². The summed E-state index contributed by atoms with van der Waals surface area (Å²) in [6, 6.07) is 12.8. The number of benzene rings is 2. The van der Waals surface area contributed by atoms with Crippen molar-refractivity contribution < 1.29 is 29.4 Å². The summed E-state index contributed by atoms with van der Waals surface area (Å²) in [6.45, 7) is 14.5. The van der Waals surface area contributed by atoms with E-state index in [1.807, 2.05) is 71.0 Å². The van der Waals surface area contributed by atoms with Crippen molar-refractivity contribution >= 4 is 23.1 Å². The third-order valence-corrected chi connectivity index (χ3v) is 11.1. The molecule has 0 spiro atoms. The van der Waals surface area contributed by atoms with E-state index in [1.165, 1.54) is 6.92 Å². The molecule has 6 nitrogen and oxygen atoms in total. The molecular weight excluding hydrogens is 504 g/mol. The number of rotatable bonds is 3. The molecule has 1 saturated carbocycles. The van der Waals surface area contributed by atoms with Crippen LogP contribution in [-0.2, 0) is 14.4 Å². The van der Waals surface area contributed by atoms with E-state index in [0.717, 1.165) is 5.56 Å². The molecule has 0 aliphatic heterocycles. The van der Waals surface area contributed by atoms with Crippen LogP contribution in [0.15, 0.2) is 53.6 Å². The van der Waals surface area contributed by atoms with Gasteiger partial charge in [-0.25, -0.2) is 0 Å². The highest BCUT2D eigenvalue weighted by atomic mass is 16.3. The largest absolute Gasteiger partial charge is 0.507 e. The number of fused-ring (bicyclic) bond motifs is 3. The van der Waals surface area contributed by atoms with Gasteiger partial charge in [-0.05, 0) is 54.1 Å². The zero-order valence-corrected chi connectivity index (χ0v) is 24.5. The standard InChI is InChI=1S/C34H38O6/c1-16(2)26-17(3)24(19(5)35)30(38)34(40)31(39)27-29(37)25-22(18(4)32(27,7)20(6)33(26,34)8)14-15-23(28(25)36)21-12-10-9-11-13-21/h9-16,18,20,26-27,36,40H,1-8H3/t18-,20-,26+,27?,32-,33-,34+/m0/s1. The van der Waals surface area contributed by atoms with Crippen molar-refractivity contribution in [2.24, 2.45) is 34.5 Å². The molecule has 2 N–H and O–H groups in total. The molecule has 0 bridgehead atoms. The predicted molar refractivity (Wildman–Crippen MR) is 152 cm³/mol. The van der Waals surface area contributed by atoms with Gasteiger partial charge in [0.05, 0.1) is 17.1 Å². The number of hydrogen-bond acceptors (Lipinski definition) is 6. The summed E-state index contributed by atoms with van der Waals surface area (Å²) in [5, 5.41) is 23.9. The van der Waals surface area contributed by atoms with Crippen LogP contribution in [-0.4, -0.2) is 38.9 Å². The Bertz CT molecular complexity index is 1520. The summed E-state index contributed by atoms with van der Waals surface area (Å²) in [5.41, 5.74) is -2.47. The fourth-order valence-corrected chi connectivity index (χ4v) is 9.00. The Morgan fingerprint density at radius 2 is 1.57 bits per heavy atom. The molecule has 0 aromatic heterocycles. The Kier molecular flexibility index (Phi) is 6.20. The van der Waals surface area contributed by atoms with Crippen LogP contribution in [0.25, 0.3) is 11.1 Å². The van der Waals surface area contributed by atoms with Gasteiger partial charge < -0.3 is 10.2 Å². The minimum atomic E-state index is -2.56. The first-order valence-corrected chi connectivity index (χ1v) is 14.1. The van der Waals surface area contributed by atoms with E-state index in [0.29, 0.717) is 16.7 Å². The molecule has 7 atom stereocenters. The monoisotopic (exact) mass is 542 g/mol. The number of phenolic OH excluding ortho intramolecular Hbond substituents is 1. The maximum absolute atomic E-state index is 14.6. The van der Waals surface area contributed by atoms with Crippen LogP contribution in [0.2, 0.25) is 0 Å². The first kappa shape index (κ1) is 28.2. The minimum Gasteiger partial charge on any atom is -0.507 e. The molecule has 0 heterocycles. The maximum Gasteiger partial charge on any atom is 0.206 e. The molecule has 210 valence electrons. The number of phenols is 1. The molecular formula is C34H38O6. The Labute approximate surface area is 235 Å². The van der Waals surface area contributed by atoms with Gasteiger partial charge in [-0.2, -0.15) is 0 Å². The average molecular weight is 543 g/mol. The fourth-order valence-electron chi connectivity index (χ4n) is 9.00. The molecule has 2 aromatic rings. The predicted octanol–water partition coefficient (Wildman–Crippen LogP) is 5.70. The lowest BCUT2D eigenvalue weighted by Gasteiger charge is -2.66. The van der Waals surface area contributed by atoms with Gasteiger partial charge in [0.25, 0.3) is 0 Å². The Balaban J connectivity index is 1.80. The Morgan fingerprint density at radius 1 is 0.975 bits per heavy atom. The highest BCUT2D eigenvalue weighted by Crippen LogP contribution is 2.69. The van der Waals surface area contributed by atoms with E-state index in [1.54, 1.807) is 19.9 Å². The fraction of sp³-hybridized carbons (Fsp3) is 0.471. The van der Waals surface area contributed by atoms with Crippen molar-refractivity contribution in [3.05, 3.63) is 64.7 Å². The highest BCUT2D eigenvalue weighted by molar-refractivity contribution is 6.33. The van der Waals surface area contributed by atoms with Crippen LogP contribution in [0.5, 0.6) is 5.75 Å². The summed E-state index contributed by atoms with van der Waals surface area (Å²) in [7, 11) is 0. The third kappa shape index (κ3) is 3.09. The topological polar surface area (TPSA) is 109 Å². The summed E-state index contributed by atoms with van der Waals surface area (Å²) >= 11 is 0. The van der Waals surface area contributed by atoms with Crippen LogP contribution >= 0.6 is 0 Å². The summed E-state index contributed by atoms with van der Waals surface area (Å²) < 4.78 is 0. The van der Waals surface area contributed by atoms with Crippen LogP contribution in [0, 0.1) is 34.5 Å². The molecule has 1 fully saturated rings. The number of aliphatic hydroxyl groups is 1. The van der Waals surface area contributed by atoms with E-state index in [4.69, 9.17) is 0 Å². The minimum absolute atomic E-state index is 0.0614. The van der Waals surface area contributed by atoms with Crippen molar-refractivity contribution in [1.82, 2.24) is 0 Å². The van der Waals surface area contributed by atoms with Crippen LogP contribution in [0.1, 0.15) is 77.2 Å². The number of aromatic hydroxyl groups is 1. The van der Waals surface area contributed by atoms with Gasteiger partial charge in [-0.1, -0.05) is 89.6 Å². The molecule has 0 radical (unpaired) electrons. The lowest BCUT2D eigenvalue weighted by molar-refractivity contribution is -0.211. The lowest BCUT2D eigenvalue weighted by Crippen LogP contribution is -2.77. The second kappa shape index (κ2) is 8.81. The number of allylic oxidation sites excluding steroid dienone is 1. The van der Waals surface area contributed by atoms with Crippen LogP contribution < -0.4 is 0 Å². The van der Waals surface area contributed by atoms with Crippen molar-refractivity contribution in [2.45, 2.75) is 66.9 Å². The molecule has 5 rings (SSSR count). The number of ketones is 4. The zero-order valence-electron chi connectivity index (χ0n) is 24.5. The first-order chi connectivity index (χ1) is 18.6. The van der Waals surface area contributed by atoms with Gasteiger partial charge in [0.2, 0.25) is 5.78 Å².